The lowest BCUT2D eigenvalue weighted by Crippen LogP contribution is -2.38. The van der Waals surface area contributed by atoms with Gasteiger partial charge in [0, 0.05) is 30.1 Å². The zero-order valence-corrected chi connectivity index (χ0v) is 31.2. The number of phenolic OH excluding ortho intramolecular Hbond substituents is 2. The van der Waals surface area contributed by atoms with Gasteiger partial charge in [-0.05, 0) is 101 Å². The van der Waals surface area contributed by atoms with Crippen molar-refractivity contribution >= 4 is 15.7 Å². The Bertz CT molecular complexity index is 1490. The van der Waals surface area contributed by atoms with E-state index in [1.807, 2.05) is 6.07 Å². The van der Waals surface area contributed by atoms with E-state index in [9.17, 15) is 23.7 Å². The van der Waals surface area contributed by atoms with Crippen LogP contribution in [0.3, 0.4) is 0 Å². The van der Waals surface area contributed by atoms with Crippen molar-refractivity contribution < 1.29 is 23.7 Å². The molecule has 8 nitrogen and oxygen atoms in total. The summed E-state index contributed by atoms with van der Waals surface area (Å²) in [4.78, 5) is 2.53. The molecule has 2 atom stereocenters. The van der Waals surface area contributed by atoms with Crippen LogP contribution in [0, 0.1) is 0 Å². The van der Waals surface area contributed by atoms with Gasteiger partial charge in [0.25, 0.3) is 0 Å². The predicted molar refractivity (Wildman–Crippen MR) is 203 cm³/mol. The Morgan fingerprint density at radius 1 is 0.735 bits per heavy atom. The number of nitrogens with one attached hydrogen (secondary N) is 2. The number of unbranched alkanes of at least 4 members (excludes halogenated alkanes) is 7. The summed E-state index contributed by atoms with van der Waals surface area (Å²) in [6.07, 6.45) is 11.6. The third kappa shape index (κ3) is 14.3. The Morgan fingerprint density at radius 2 is 1.35 bits per heavy atom. The van der Waals surface area contributed by atoms with Gasteiger partial charge in [-0.1, -0.05) is 87.1 Å². The van der Waals surface area contributed by atoms with Crippen molar-refractivity contribution in [1.29, 1.82) is 0 Å². The molecule has 5 N–H and O–H groups in total. The van der Waals surface area contributed by atoms with Crippen molar-refractivity contribution in [1.82, 2.24) is 10.2 Å². The molecule has 0 aliphatic rings. The summed E-state index contributed by atoms with van der Waals surface area (Å²) in [6.45, 7) is 11.2. The van der Waals surface area contributed by atoms with E-state index >= 15 is 0 Å². The van der Waals surface area contributed by atoms with Gasteiger partial charge >= 0.3 is 0 Å². The number of rotatable bonds is 23. The largest absolute Gasteiger partial charge is 0.508 e. The molecule has 272 valence electrons. The maximum atomic E-state index is 11.5. The van der Waals surface area contributed by atoms with E-state index in [1.54, 1.807) is 6.07 Å². The van der Waals surface area contributed by atoms with E-state index in [0.717, 1.165) is 57.0 Å². The molecule has 0 spiro atoms. The monoisotopic (exact) mass is 695 g/mol. The summed E-state index contributed by atoms with van der Waals surface area (Å²) in [7, 11) is -3.53. The van der Waals surface area contributed by atoms with E-state index in [-0.39, 0.29) is 17.4 Å². The van der Waals surface area contributed by atoms with Crippen molar-refractivity contribution in [3.05, 3.63) is 89.0 Å². The quantitative estimate of drug-likeness (QED) is 0.0502. The van der Waals surface area contributed by atoms with Gasteiger partial charge in [-0.25, -0.2) is 8.42 Å². The van der Waals surface area contributed by atoms with Gasteiger partial charge in [0.1, 0.15) is 11.5 Å². The number of phenols is 2. The van der Waals surface area contributed by atoms with Crippen molar-refractivity contribution in [3.63, 3.8) is 0 Å². The third-order valence-electron chi connectivity index (χ3n) is 9.28. The first-order valence-corrected chi connectivity index (χ1v) is 20.1. The molecule has 3 rings (SSSR count). The van der Waals surface area contributed by atoms with E-state index in [4.69, 9.17) is 0 Å². The van der Waals surface area contributed by atoms with Crippen molar-refractivity contribution in [2.45, 2.75) is 116 Å². The van der Waals surface area contributed by atoms with Crippen molar-refractivity contribution in [2.75, 3.05) is 30.6 Å². The number of benzene rings is 3. The van der Waals surface area contributed by atoms with Crippen LogP contribution in [0.15, 0.2) is 66.7 Å². The minimum absolute atomic E-state index is 0.0619. The molecular formula is C40H61N3O5S. The van der Waals surface area contributed by atoms with Gasteiger partial charge in [0.15, 0.2) is 0 Å². The minimum Gasteiger partial charge on any atom is -0.508 e. The van der Waals surface area contributed by atoms with Crippen molar-refractivity contribution in [3.8, 4) is 11.5 Å². The summed E-state index contributed by atoms with van der Waals surface area (Å²) in [5.74, 6) is 0.361. The maximum Gasteiger partial charge on any atom is 0.229 e. The fourth-order valence-corrected chi connectivity index (χ4v) is 7.22. The molecule has 0 saturated heterocycles. The topological polar surface area (TPSA) is 122 Å². The number of aromatic hydroxyl groups is 2. The van der Waals surface area contributed by atoms with Gasteiger partial charge in [0.05, 0.1) is 18.0 Å². The van der Waals surface area contributed by atoms with E-state index in [2.05, 4.69) is 85.1 Å². The molecule has 0 radical (unpaired) electrons. The molecule has 2 unspecified atom stereocenters. The smallest absolute Gasteiger partial charge is 0.229 e. The zero-order chi connectivity index (χ0) is 35.8. The molecule has 3 aromatic rings. The summed E-state index contributed by atoms with van der Waals surface area (Å²) >= 11 is 0. The predicted octanol–water partition coefficient (Wildman–Crippen LogP) is 8.10. The second kappa shape index (κ2) is 20.5. The molecule has 0 heterocycles. The Hall–Kier alpha value is -3.11. The molecule has 0 bridgehead atoms. The fourth-order valence-electron chi connectivity index (χ4n) is 6.66. The molecule has 0 fully saturated rings. The molecule has 3 aromatic carbocycles. The van der Waals surface area contributed by atoms with Crippen LogP contribution in [0.4, 0.5) is 5.69 Å². The highest BCUT2D eigenvalue weighted by Gasteiger charge is 2.22. The highest BCUT2D eigenvalue weighted by Crippen LogP contribution is 2.35. The molecule has 0 aliphatic heterocycles. The van der Waals surface area contributed by atoms with Crippen LogP contribution in [0.25, 0.3) is 0 Å². The summed E-state index contributed by atoms with van der Waals surface area (Å²) in [6, 6.07) is 22.2. The van der Waals surface area contributed by atoms with Gasteiger partial charge in [0.2, 0.25) is 10.0 Å². The number of sulfonamides is 1. The highest BCUT2D eigenvalue weighted by atomic mass is 32.2. The second-order valence-electron chi connectivity index (χ2n) is 14.0. The average Bonchev–Trinajstić information content (AvgIpc) is 3.05. The first-order chi connectivity index (χ1) is 23.4. The average molecular weight is 696 g/mol. The maximum absolute atomic E-state index is 11.5. The van der Waals surface area contributed by atoms with Crippen LogP contribution in [0.1, 0.15) is 120 Å². The van der Waals surface area contributed by atoms with Crippen LogP contribution in [-0.4, -0.2) is 66.6 Å². The number of aryl methyl sites for hydroxylation is 1. The molecule has 0 aliphatic carbocycles. The van der Waals surface area contributed by atoms with E-state index < -0.39 is 16.1 Å². The van der Waals surface area contributed by atoms with Gasteiger partial charge < -0.3 is 20.6 Å². The number of hydrogen-bond donors (Lipinski definition) is 5. The third-order valence-corrected chi connectivity index (χ3v) is 9.87. The first-order valence-electron chi connectivity index (χ1n) is 18.2. The zero-order valence-electron chi connectivity index (χ0n) is 30.4. The van der Waals surface area contributed by atoms with Gasteiger partial charge in [-0.3, -0.25) is 9.62 Å². The lowest BCUT2D eigenvalue weighted by molar-refractivity contribution is 0.170. The first kappa shape index (κ1) is 40.3. The number of anilines is 1. The second-order valence-corrected chi connectivity index (χ2v) is 15.8. The lowest BCUT2D eigenvalue weighted by atomic mass is 9.86. The van der Waals surface area contributed by atoms with Crippen LogP contribution in [-0.2, 0) is 16.4 Å². The molecule has 49 heavy (non-hydrogen) atoms. The minimum atomic E-state index is -3.53. The summed E-state index contributed by atoms with van der Waals surface area (Å²) < 4.78 is 25.3. The lowest BCUT2D eigenvalue weighted by Gasteiger charge is -2.32. The van der Waals surface area contributed by atoms with Crippen LogP contribution < -0.4 is 10.0 Å². The molecule has 0 saturated carbocycles. The molecular weight excluding hydrogens is 635 g/mol. The number of nitrogens with zero attached hydrogens (tertiary/aromatic N) is 1. The van der Waals surface area contributed by atoms with Crippen LogP contribution in [0.2, 0.25) is 0 Å². The molecule has 0 amide bonds. The standard InChI is InChI=1S/C40H61N3O5S/c1-30(2)43(31(3)4)26-24-35(33-18-14-12-15-19-33)36-27-32(20-22-38(36)44)17-13-10-8-6-7-9-11-16-25-41-29-40(46)34-21-23-39(45)37(28-34)42-49(5,47)48/h12,14-15,18-23,27-28,30-31,35,40-42,44-46H,6-11,13,16-17,24-26,29H2,1-5H3. The molecule has 0 aromatic heterocycles. The van der Waals surface area contributed by atoms with Crippen LogP contribution in [0.5, 0.6) is 11.5 Å². The Labute approximate surface area is 296 Å². The van der Waals surface area contributed by atoms with Crippen LogP contribution >= 0.6 is 0 Å². The van der Waals surface area contributed by atoms with E-state index in [0.29, 0.717) is 29.9 Å². The van der Waals surface area contributed by atoms with Gasteiger partial charge in [-0.15, -0.1) is 0 Å². The van der Waals surface area contributed by atoms with Gasteiger partial charge in [-0.2, -0.15) is 0 Å². The fraction of sp³-hybridized carbons (Fsp3) is 0.550. The molecule has 9 heteroatoms. The summed E-state index contributed by atoms with van der Waals surface area (Å²) in [5.41, 5.74) is 4.19. The number of aliphatic hydroxyl groups excluding tert-OH is 1. The number of hydrogen-bond acceptors (Lipinski definition) is 7. The SMILES string of the molecule is CC(C)N(CCC(c1ccccc1)c1cc(CCCCCCCCCCNCC(O)c2ccc(O)c(NS(C)(=O)=O)c2)ccc1O)C(C)C. The normalized spacial score (nSPS) is 13.3. The number of aliphatic hydroxyl groups is 1. The van der Waals surface area contributed by atoms with Crippen molar-refractivity contribution in [2.24, 2.45) is 0 Å². The Balaban J connectivity index is 1.34. The highest BCUT2D eigenvalue weighted by molar-refractivity contribution is 7.92. The summed E-state index contributed by atoms with van der Waals surface area (Å²) in [5, 5.41) is 34.6. The van der Waals surface area contributed by atoms with E-state index in [1.165, 1.54) is 55.4 Å². The Kier molecular flexibility index (Phi) is 16.9. The Morgan fingerprint density at radius 3 is 1.98 bits per heavy atom.